The third-order valence-corrected chi connectivity index (χ3v) is 8.68. The Kier molecular flexibility index (Phi) is 8.77. The van der Waals surface area contributed by atoms with Crippen molar-refractivity contribution in [2.75, 3.05) is 20.0 Å². The lowest BCUT2D eigenvalue weighted by molar-refractivity contribution is -0.228. The van der Waals surface area contributed by atoms with E-state index in [4.69, 9.17) is 28.4 Å². The second kappa shape index (κ2) is 11.7. The zero-order chi connectivity index (χ0) is 28.4. The van der Waals surface area contributed by atoms with Crippen molar-refractivity contribution in [1.82, 2.24) is 0 Å². The summed E-state index contributed by atoms with van der Waals surface area (Å²) in [4.78, 5) is 25.9. The maximum Gasteiger partial charge on any atom is 0.320 e. The number of esters is 2. The van der Waals surface area contributed by atoms with Crippen molar-refractivity contribution in [3.63, 3.8) is 0 Å². The second-order valence-corrected chi connectivity index (χ2v) is 12.1. The van der Waals surface area contributed by atoms with Gasteiger partial charge in [-0.05, 0) is 38.5 Å². The summed E-state index contributed by atoms with van der Waals surface area (Å²) in [6.07, 6.45) is -3.63. The van der Waals surface area contributed by atoms with Crippen molar-refractivity contribution >= 4 is 21.8 Å². The van der Waals surface area contributed by atoms with E-state index >= 15 is 0 Å². The summed E-state index contributed by atoms with van der Waals surface area (Å²) < 4.78 is 61.5. The number of rotatable bonds is 10. The number of ether oxygens (including phenoxy) is 6. The van der Waals surface area contributed by atoms with Gasteiger partial charge < -0.3 is 28.4 Å². The molecule has 2 aliphatic heterocycles. The summed E-state index contributed by atoms with van der Waals surface area (Å²) >= 11 is 0. The summed E-state index contributed by atoms with van der Waals surface area (Å²) in [7, 11) is -1.78. The smallest absolute Gasteiger partial charge is 0.320 e. The third kappa shape index (κ3) is 6.50. The predicted octanol–water partition coefficient (Wildman–Crippen LogP) is 2.81. The molecule has 2 aliphatic rings. The first-order valence-electron chi connectivity index (χ1n) is 12.6. The van der Waals surface area contributed by atoms with Crippen LogP contribution < -0.4 is 0 Å². The number of fused-ring (bicyclic) bond motifs is 1. The van der Waals surface area contributed by atoms with Crippen molar-refractivity contribution < 1.29 is 46.4 Å². The highest BCUT2D eigenvalue weighted by Gasteiger charge is 2.60. The van der Waals surface area contributed by atoms with Gasteiger partial charge in [0.25, 0.3) is 0 Å². The summed E-state index contributed by atoms with van der Waals surface area (Å²) in [5.74, 6) is -6.37. The molecule has 2 saturated heterocycles. The summed E-state index contributed by atoms with van der Waals surface area (Å²) in [6.45, 7) is 5.44. The van der Waals surface area contributed by atoms with E-state index in [1.807, 2.05) is 37.3 Å². The van der Waals surface area contributed by atoms with Gasteiger partial charge >= 0.3 is 11.9 Å². The van der Waals surface area contributed by atoms with Crippen molar-refractivity contribution in [3.05, 3.63) is 65.7 Å². The first-order valence-corrected chi connectivity index (χ1v) is 14.2. The lowest BCUT2D eigenvalue weighted by atomic mass is 9.86. The van der Waals surface area contributed by atoms with Gasteiger partial charge in [0, 0.05) is 5.92 Å². The van der Waals surface area contributed by atoms with Crippen LogP contribution in [0.15, 0.2) is 59.5 Å². The van der Waals surface area contributed by atoms with Crippen molar-refractivity contribution in [2.45, 2.75) is 62.7 Å². The Labute approximate surface area is 228 Å². The van der Waals surface area contributed by atoms with Gasteiger partial charge in [0.05, 0.1) is 37.6 Å². The van der Waals surface area contributed by atoms with Crippen LogP contribution in [0.2, 0.25) is 0 Å². The van der Waals surface area contributed by atoms with Crippen LogP contribution in [0, 0.1) is 18.8 Å². The fourth-order valence-corrected chi connectivity index (χ4v) is 6.61. The minimum Gasteiger partial charge on any atom is -0.468 e. The number of sulfone groups is 1. The Morgan fingerprint density at radius 3 is 2.15 bits per heavy atom. The molecule has 212 valence electrons. The van der Waals surface area contributed by atoms with Crippen LogP contribution in [0.25, 0.3) is 0 Å². The second-order valence-electron chi connectivity index (χ2n) is 10.1. The van der Waals surface area contributed by atoms with E-state index in [-0.39, 0.29) is 11.5 Å². The van der Waals surface area contributed by atoms with Gasteiger partial charge in [-0.2, -0.15) is 0 Å². The quantitative estimate of drug-likeness (QED) is 0.315. The largest absolute Gasteiger partial charge is 0.468 e. The maximum absolute atomic E-state index is 13.6. The molecule has 0 N–H and O–H groups in total. The van der Waals surface area contributed by atoms with Crippen LogP contribution >= 0.6 is 0 Å². The molecule has 0 amide bonds. The van der Waals surface area contributed by atoms with E-state index in [2.05, 4.69) is 0 Å². The summed E-state index contributed by atoms with van der Waals surface area (Å²) in [6, 6.07) is 15.7. The molecule has 39 heavy (non-hydrogen) atoms. The molecule has 0 aliphatic carbocycles. The van der Waals surface area contributed by atoms with Gasteiger partial charge in [-0.1, -0.05) is 48.0 Å². The van der Waals surface area contributed by atoms with E-state index in [9.17, 15) is 18.0 Å². The molecule has 0 unspecified atom stereocenters. The Hall–Kier alpha value is -2.83. The molecule has 2 heterocycles. The average Bonchev–Trinajstić information content (AvgIpc) is 3.38. The third-order valence-electron chi connectivity index (χ3n) is 6.86. The molecule has 0 saturated carbocycles. The molecular weight excluding hydrogens is 528 g/mol. The van der Waals surface area contributed by atoms with Gasteiger partial charge in [-0.3, -0.25) is 9.59 Å². The van der Waals surface area contributed by atoms with Crippen LogP contribution in [-0.4, -0.2) is 70.7 Å². The molecule has 0 spiro atoms. The molecule has 10 nitrogen and oxygen atoms in total. The van der Waals surface area contributed by atoms with Gasteiger partial charge in [0.15, 0.2) is 27.8 Å². The van der Waals surface area contributed by atoms with Crippen LogP contribution in [0.5, 0.6) is 0 Å². The molecule has 11 heteroatoms. The fourth-order valence-electron chi connectivity index (χ4n) is 4.98. The van der Waals surface area contributed by atoms with Gasteiger partial charge in [-0.25, -0.2) is 8.42 Å². The minimum absolute atomic E-state index is 0.0418. The topological polar surface area (TPSA) is 124 Å². The normalized spacial score (nSPS) is 24.8. The molecule has 0 radical (unpaired) electrons. The van der Waals surface area contributed by atoms with Crippen molar-refractivity contribution in [2.24, 2.45) is 11.8 Å². The Morgan fingerprint density at radius 1 is 0.949 bits per heavy atom. The van der Waals surface area contributed by atoms with E-state index in [0.717, 1.165) is 25.3 Å². The molecule has 2 aromatic carbocycles. The molecule has 2 aromatic rings. The maximum atomic E-state index is 13.6. The van der Waals surface area contributed by atoms with Gasteiger partial charge in [-0.15, -0.1) is 0 Å². The minimum atomic E-state index is -4.01. The summed E-state index contributed by atoms with van der Waals surface area (Å²) in [5, 5.41) is 0. The van der Waals surface area contributed by atoms with Crippen LogP contribution in [0.4, 0.5) is 0 Å². The predicted molar refractivity (Wildman–Crippen MR) is 138 cm³/mol. The zero-order valence-corrected chi connectivity index (χ0v) is 23.4. The average molecular weight is 563 g/mol. The molecule has 0 bridgehead atoms. The number of hydrogen-bond donors (Lipinski definition) is 0. The number of benzene rings is 2. The van der Waals surface area contributed by atoms with Crippen molar-refractivity contribution in [1.29, 1.82) is 0 Å². The Bertz CT molecular complexity index is 1240. The molecule has 5 atom stereocenters. The van der Waals surface area contributed by atoms with E-state index in [1.54, 1.807) is 26.0 Å². The number of aryl methyl sites for hydroxylation is 1. The molecule has 2 fully saturated rings. The first kappa shape index (κ1) is 29.2. The standard InChI is InChI=1S/C28H34O10S/c1-17-11-13-19(14-12-17)39(31,32)16-20(21(25(29)33-4)26(30)34-5)22-23(35-15-18-9-7-6-8-10-18)24-27(36-22)38-28(2,3)37-24/h6-14,20-24,27H,15-16H2,1-5H3/t20-,22-,23+,24-,27-/m1/s1. The molecular formula is C28H34O10S. The van der Waals surface area contributed by atoms with E-state index < -0.39 is 69.8 Å². The monoisotopic (exact) mass is 562 g/mol. The highest BCUT2D eigenvalue weighted by molar-refractivity contribution is 7.91. The number of methoxy groups -OCH3 is 2. The summed E-state index contributed by atoms with van der Waals surface area (Å²) in [5.41, 5.74) is 1.74. The first-order chi connectivity index (χ1) is 18.5. The van der Waals surface area contributed by atoms with Crippen LogP contribution in [0.1, 0.15) is 25.0 Å². The SMILES string of the molecule is COC(=O)C(C(=O)OC)[C@@H](CS(=O)(=O)c1ccc(C)cc1)[C@H]1O[C@@H]2OC(C)(C)O[C@@H]2[C@H]1OCc1ccccc1. The molecule has 4 rings (SSSR count). The Morgan fingerprint density at radius 2 is 1.56 bits per heavy atom. The van der Waals surface area contributed by atoms with E-state index in [1.165, 1.54) is 12.1 Å². The Balaban J connectivity index is 1.74. The van der Waals surface area contributed by atoms with Gasteiger partial charge in [0.1, 0.15) is 12.2 Å². The van der Waals surface area contributed by atoms with Crippen LogP contribution in [-0.2, 0) is 54.5 Å². The van der Waals surface area contributed by atoms with Gasteiger partial charge in [0.2, 0.25) is 0 Å². The lowest BCUT2D eigenvalue weighted by Crippen LogP contribution is -2.49. The molecule has 0 aromatic heterocycles. The van der Waals surface area contributed by atoms with Crippen LogP contribution in [0.3, 0.4) is 0 Å². The number of carbonyl (C=O) groups excluding carboxylic acids is 2. The zero-order valence-electron chi connectivity index (χ0n) is 22.6. The highest BCUT2D eigenvalue weighted by Crippen LogP contribution is 2.43. The van der Waals surface area contributed by atoms with Crippen molar-refractivity contribution in [3.8, 4) is 0 Å². The lowest BCUT2D eigenvalue weighted by Gasteiger charge is -2.33. The number of carbonyl (C=O) groups is 2. The fraction of sp³-hybridized carbons (Fsp3) is 0.500. The number of hydrogen-bond acceptors (Lipinski definition) is 10. The van der Waals surface area contributed by atoms with E-state index in [0.29, 0.717) is 0 Å². The highest BCUT2D eigenvalue weighted by atomic mass is 32.2.